The molecule has 6 rings (SSSR count). The standard InChI is InChI=1S/C28H32O2/c1-3-13-29-25-9-5-23(6-10-25)27-16-21-15-22(17-27)19-28(18-21,20-27)24-7-11-26(12-8-24)30-14-4-2/h3-12,21-22H,1-2,13-20H2. The first kappa shape index (κ1) is 19.5. The van der Waals surface area contributed by atoms with Crippen LogP contribution in [-0.4, -0.2) is 13.2 Å². The minimum atomic E-state index is 0.319. The van der Waals surface area contributed by atoms with Crippen LogP contribution in [0.4, 0.5) is 0 Å². The molecule has 0 radical (unpaired) electrons. The van der Waals surface area contributed by atoms with Crippen LogP contribution < -0.4 is 9.47 Å². The van der Waals surface area contributed by atoms with Gasteiger partial charge in [-0.3, -0.25) is 0 Å². The zero-order valence-electron chi connectivity index (χ0n) is 17.8. The van der Waals surface area contributed by atoms with Gasteiger partial charge in [0, 0.05) is 0 Å². The van der Waals surface area contributed by atoms with Crippen LogP contribution in [0.25, 0.3) is 0 Å². The molecule has 2 aromatic rings. The van der Waals surface area contributed by atoms with Crippen LogP contribution in [0.15, 0.2) is 73.8 Å². The summed E-state index contributed by atoms with van der Waals surface area (Å²) in [7, 11) is 0. The quantitative estimate of drug-likeness (QED) is 0.464. The Kier molecular flexibility index (Phi) is 4.97. The molecule has 0 saturated heterocycles. The maximum absolute atomic E-state index is 5.72. The van der Waals surface area contributed by atoms with E-state index < -0.39 is 0 Å². The first-order valence-corrected chi connectivity index (χ1v) is 11.3. The fourth-order valence-electron chi connectivity index (χ4n) is 7.06. The molecular weight excluding hydrogens is 368 g/mol. The monoisotopic (exact) mass is 400 g/mol. The summed E-state index contributed by atoms with van der Waals surface area (Å²) >= 11 is 0. The van der Waals surface area contributed by atoms with Gasteiger partial charge in [0.2, 0.25) is 0 Å². The Bertz CT molecular complexity index is 821. The summed E-state index contributed by atoms with van der Waals surface area (Å²) < 4.78 is 11.4. The molecule has 2 nitrogen and oxygen atoms in total. The molecule has 0 atom stereocenters. The third kappa shape index (κ3) is 3.37. The minimum absolute atomic E-state index is 0.319. The molecule has 4 saturated carbocycles. The normalized spacial score (nSPS) is 31.3. The van der Waals surface area contributed by atoms with Gasteiger partial charge in [0.25, 0.3) is 0 Å². The highest BCUT2D eigenvalue weighted by atomic mass is 16.5. The maximum atomic E-state index is 5.72. The Hall–Kier alpha value is -2.48. The molecule has 0 N–H and O–H groups in total. The third-order valence-corrected chi connectivity index (χ3v) is 7.73. The van der Waals surface area contributed by atoms with Crippen molar-refractivity contribution in [2.75, 3.05) is 13.2 Å². The topological polar surface area (TPSA) is 18.5 Å². The number of benzene rings is 2. The predicted molar refractivity (Wildman–Crippen MR) is 122 cm³/mol. The van der Waals surface area contributed by atoms with E-state index in [1.807, 2.05) is 0 Å². The second-order valence-electron chi connectivity index (χ2n) is 9.77. The molecule has 0 heterocycles. The van der Waals surface area contributed by atoms with Gasteiger partial charge >= 0.3 is 0 Å². The fourth-order valence-corrected chi connectivity index (χ4v) is 7.06. The van der Waals surface area contributed by atoms with Gasteiger partial charge in [-0.15, -0.1) is 0 Å². The van der Waals surface area contributed by atoms with Crippen molar-refractivity contribution in [3.05, 3.63) is 85.0 Å². The van der Waals surface area contributed by atoms with Crippen molar-refractivity contribution < 1.29 is 9.47 Å². The predicted octanol–water partition coefficient (Wildman–Crippen LogP) is 6.61. The lowest BCUT2D eigenvalue weighted by atomic mass is 9.42. The van der Waals surface area contributed by atoms with E-state index in [4.69, 9.17) is 9.47 Å². The molecule has 4 aliphatic carbocycles. The summed E-state index contributed by atoms with van der Waals surface area (Å²) in [5.41, 5.74) is 3.66. The van der Waals surface area contributed by atoms with E-state index >= 15 is 0 Å². The van der Waals surface area contributed by atoms with Crippen molar-refractivity contribution in [2.45, 2.75) is 49.4 Å². The van der Waals surface area contributed by atoms with Gasteiger partial charge in [0.05, 0.1) is 0 Å². The van der Waals surface area contributed by atoms with Crippen molar-refractivity contribution in [3.8, 4) is 11.5 Å². The van der Waals surface area contributed by atoms with E-state index in [0.29, 0.717) is 24.0 Å². The van der Waals surface area contributed by atoms with E-state index in [0.717, 1.165) is 23.3 Å². The van der Waals surface area contributed by atoms with Crippen LogP contribution in [0.3, 0.4) is 0 Å². The molecule has 2 aromatic carbocycles. The Morgan fingerprint density at radius 2 is 1.10 bits per heavy atom. The van der Waals surface area contributed by atoms with Crippen LogP contribution in [0.1, 0.15) is 49.7 Å². The highest BCUT2D eigenvalue weighted by molar-refractivity contribution is 5.41. The number of hydrogen-bond donors (Lipinski definition) is 0. The number of ether oxygens (including phenoxy) is 2. The average Bonchev–Trinajstić information content (AvgIpc) is 2.76. The van der Waals surface area contributed by atoms with Crippen LogP contribution in [0.5, 0.6) is 11.5 Å². The highest BCUT2D eigenvalue weighted by Crippen LogP contribution is 2.66. The first-order chi connectivity index (χ1) is 14.6. The van der Waals surface area contributed by atoms with Crippen LogP contribution in [0.2, 0.25) is 0 Å². The third-order valence-electron chi connectivity index (χ3n) is 7.73. The molecule has 4 aliphatic rings. The second kappa shape index (κ2) is 7.65. The summed E-state index contributed by atoms with van der Waals surface area (Å²) in [6.07, 6.45) is 11.7. The van der Waals surface area contributed by atoms with E-state index in [-0.39, 0.29) is 0 Å². The van der Waals surface area contributed by atoms with Crippen molar-refractivity contribution in [1.29, 1.82) is 0 Å². The van der Waals surface area contributed by atoms with Gasteiger partial charge in [-0.25, -0.2) is 0 Å². The summed E-state index contributed by atoms with van der Waals surface area (Å²) in [6, 6.07) is 17.9. The van der Waals surface area contributed by atoms with Crippen molar-refractivity contribution in [3.63, 3.8) is 0 Å². The molecule has 0 unspecified atom stereocenters. The number of rotatable bonds is 8. The Morgan fingerprint density at radius 1 is 0.700 bits per heavy atom. The summed E-state index contributed by atoms with van der Waals surface area (Å²) in [5, 5.41) is 0. The summed E-state index contributed by atoms with van der Waals surface area (Å²) in [4.78, 5) is 0. The lowest BCUT2D eigenvalue weighted by Crippen LogP contribution is -2.55. The van der Waals surface area contributed by atoms with E-state index in [9.17, 15) is 0 Å². The molecule has 30 heavy (non-hydrogen) atoms. The molecule has 0 aromatic heterocycles. The molecule has 2 heteroatoms. The Balaban J connectivity index is 1.43. The highest BCUT2D eigenvalue weighted by Gasteiger charge is 2.58. The average molecular weight is 401 g/mol. The minimum Gasteiger partial charge on any atom is -0.490 e. The summed E-state index contributed by atoms with van der Waals surface area (Å²) in [6.45, 7) is 8.60. The van der Waals surface area contributed by atoms with E-state index in [1.165, 1.54) is 49.7 Å². The van der Waals surface area contributed by atoms with Crippen LogP contribution in [-0.2, 0) is 10.8 Å². The molecule has 0 aliphatic heterocycles. The van der Waals surface area contributed by atoms with Crippen LogP contribution in [0, 0.1) is 11.8 Å². The molecule has 4 bridgehead atoms. The van der Waals surface area contributed by atoms with Crippen molar-refractivity contribution >= 4 is 0 Å². The van der Waals surface area contributed by atoms with Gasteiger partial charge in [0.15, 0.2) is 0 Å². The van der Waals surface area contributed by atoms with E-state index in [2.05, 4.69) is 61.7 Å². The van der Waals surface area contributed by atoms with Gasteiger partial charge in [-0.05, 0) is 96.6 Å². The zero-order valence-corrected chi connectivity index (χ0v) is 17.8. The lowest BCUT2D eigenvalue weighted by molar-refractivity contribution is -0.0281. The first-order valence-electron chi connectivity index (χ1n) is 11.3. The summed E-state index contributed by atoms with van der Waals surface area (Å²) in [5.74, 6) is 3.57. The van der Waals surface area contributed by atoms with Gasteiger partial charge in [-0.1, -0.05) is 49.6 Å². The fraction of sp³-hybridized carbons (Fsp3) is 0.429. The molecular formula is C28H32O2. The SMILES string of the molecule is C=CCOc1ccc(C23CC4CC(C2)CC(c2ccc(OCC=C)cc2)(C4)C3)cc1. The van der Waals surface area contributed by atoms with Gasteiger partial charge in [0.1, 0.15) is 24.7 Å². The molecule has 0 spiro atoms. The molecule has 0 amide bonds. The maximum Gasteiger partial charge on any atom is 0.119 e. The van der Waals surface area contributed by atoms with Gasteiger partial charge < -0.3 is 9.47 Å². The van der Waals surface area contributed by atoms with E-state index in [1.54, 1.807) is 12.2 Å². The zero-order chi connectivity index (χ0) is 20.6. The van der Waals surface area contributed by atoms with Crippen LogP contribution >= 0.6 is 0 Å². The Morgan fingerprint density at radius 3 is 1.47 bits per heavy atom. The molecule has 156 valence electrons. The Labute approximate surface area is 180 Å². The number of hydrogen-bond acceptors (Lipinski definition) is 2. The van der Waals surface area contributed by atoms with Crippen molar-refractivity contribution in [2.24, 2.45) is 11.8 Å². The van der Waals surface area contributed by atoms with Crippen molar-refractivity contribution in [1.82, 2.24) is 0 Å². The smallest absolute Gasteiger partial charge is 0.119 e. The molecule has 4 fully saturated rings. The van der Waals surface area contributed by atoms with Gasteiger partial charge in [-0.2, -0.15) is 0 Å². The lowest BCUT2D eigenvalue weighted by Gasteiger charge is -2.62. The largest absolute Gasteiger partial charge is 0.490 e. The second-order valence-corrected chi connectivity index (χ2v) is 9.77.